The van der Waals surface area contributed by atoms with Crippen LogP contribution < -0.4 is 16.0 Å². The van der Waals surface area contributed by atoms with Crippen LogP contribution in [-0.2, 0) is 0 Å². The number of carbonyl (C=O) groups excluding carboxylic acids is 1. The molecule has 1 atom stereocenters. The SMILES string of the molecule is CN=C(NCCCNC(=O)c1occc1C)NCC(C)c1ccsc1. The van der Waals surface area contributed by atoms with E-state index in [0.717, 1.165) is 31.0 Å². The summed E-state index contributed by atoms with van der Waals surface area (Å²) >= 11 is 1.71. The molecule has 2 heterocycles. The number of rotatable bonds is 8. The third kappa shape index (κ3) is 5.94. The maximum atomic E-state index is 11.9. The highest BCUT2D eigenvalue weighted by Gasteiger charge is 2.11. The molecule has 1 amide bonds. The number of hydrogen-bond acceptors (Lipinski definition) is 4. The summed E-state index contributed by atoms with van der Waals surface area (Å²) in [5, 5.41) is 13.7. The first-order chi connectivity index (χ1) is 12.1. The fraction of sp³-hybridized carbons (Fsp3) is 0.444. The smallest absolute Gasteiger partial charge is 0.287 e. The van der Waals surface area contributed by atoms with Gasteiger partial charge in [-0.1, -0.05) is 6.92 Å². The lowest BCUT2D eigenvalue weighted by Gasteiger charge is -2.15. The van der Waals surface area contributed by atoms with E-state index >= 15 is 0 Å². The summed E-state index contributed by atoms with van der Waals surface area (Å²) in [5.74, 6) is 1.42. The first kappa shape index (κ1) is 19.1. The Balaban J connectivity index is 1.61. The molecule has 6 nitrogen and oxygen atoms in total. The zero-order valence-electron chi connectivity index (χ0n) is 15.0. The molecule has 0 saturated heterocycles. The molecule has 2 rings (SSSR count). The summed E-state index contributed by atoms with van der Waals surface area (Å²) in [6.07, 6.45) is 2.32. The van der Waals surface area contributed by atoms with Gasteiger partial charge in [0.1, 0.15) is 0 Å². The Morgan fingerprint density at radius 2 is 2.08 bits per heavy atom. The standard InChI is InChI=1S/C18H26N4O2S/c1-13-5-9-24-16(13)17(23)20-7-4-8-21-18(19-3)22-11-14(2)15-6-10-25-12-15/h5-6,9-10,12,14H,4,7-8,11H2,1-3H3,(H,20,23)(H2,19,21,22). The first-order valence-electron chi connectivity index (χ1n) is 8.40. The maximum absolute atomic E-state index is 11.9. The molecule has 7 heteroatoms. The van der Waals surface area contributed by atoms with Crippen molar-refractivity contribution >= 4 is 23.2 Å². The molecule has 1 unspecified atom stereocenters. The van der Waals surface area contributed by atoms with Gasteiger partial charge in [0.15, 0.2) is 11.7 Å². The molecule has 3 N–H and O–H groups in total. The molecule has 2 aromatic heterocycles. The lowest BCUT2D eigenvalue weighted by atomic mass is 10.1. The van der Waals surface area contributed by atoms with Crippen LogP contribution in [0, 0.1) is 6.92 Å². The number of thiophene rings is 1. The van der Waals surface area contributed by atoms with Crippen LogP contribution in [-0.4, -0.2) is 38.5 Å². The van der Waals surface area contributed by atoms with Gasteiger partial charge in [0.2, 0.25) is 0 Å². The van der Waals surface area contributed by atoms with Crippen LogP contribution in [0.3, 0.4) is 0 Å². The molecule has 0 saturated carbocycles. The first-order valence-corrected chi connectivity index (χ1v) is 9.35. The third-order valence-corrected chi connectivity index (χ3v) is 4.61. The quantitative estimate of drug-likeness (QED) is 0.383. The summed E-state index contributed by atoms with van der Waals surface area (Å²) in [6.45, 7) is 6.17. The van der Waals surface area contributed by atoms with Crippen molar-refractivity contribution in [1.82, 2.24) is 16.0 Å². The van der Waals surface area contributed by atoms with Crippen LogP contribution >= 0.6 is 11.3 Å². The van der Waals surface area contributed by atoms with Gasteiger partial charge in [-0.2, -0.15) is 11.3 Å². The Hall–Kier alpha value is -2.28. The van der Waals surface area contributed by atoms with Crippen molar-refractivity contribution in [3.8, 4) is 0 Å². The van der Waals surface area contributed by atoms with Crippen molar-refractivity contribution < 1.29 is 9.21 Å². The maximum Gasteiger partial charge on any atom is 0.287 e. The number of aryl methyl sites for hydroxylation is 1. The van der Waals surface area contributed by atoms with Crippen molar-refractivity contribution in [2.45, 2.75) is 26.2 Å². The van der Waals surface area contributed by atoms with Gasteiger partial charge in [-0.05, 0) is 47.7 Å². The topological polar surface area (TPSA) is 78.7 Å². The van der Waals surface area contributed by atoms with Crippen LogP contribution in [0.1, 0.15) is 40.9 Å². The van der Waals surface area contributed by atoms with E-state index in [1.54, 1.807) is 24.5 Å². The van der Waals surface area contributed by atoms with Gasteiger partial charge in [0, 0.05) is 32.2 Å². The van der Waals surface area contributed by atoms with E-state index in [1.165, 1.54) is 11.8 Å². The predicted octanol–water partition coefficient (Wildman–Crippen LogP) is 2.74. The minimum absolute atomic E-state index is 0.172. The lowest BCUT2D eigenvalue weighted by molar-refractivity contribution is 0.0925. The highest BCUT2D eigenvalue weighted by molar-refractivity contribution is 7.07. The summed E-state index contributed by atoms with van der Waals surface area (Å²) in [6, 6.07) is 3.93. The fourth-order valence-corrected chi connectivity index (χ4v) is 3.11. The molecule has 0 aliphatic carbocycles. The van der Waals surface area contributed by atoms with Crippen molar-refractivity contribution in [3.05, 3.63) is 46.0 Å². The van der Waals surface area contributed by atoms with Crippen LogP contribution in [0.2, 0.25) is 0 Å². The second-order valence-corrected chi connectivity index (χ2v) is 6.66. The molecule has 0 fully saturated rings. The number of guanidine groups is 1. The van der Waals surface area contributed by atoms with E-state index in [1.807, 2.05) is 6.92 Å². The Labute approximate surface area is 152 Å². The zero-order valence-corrected chi connectivity index (χ0v) is 15.8. The number of aliphatic imine (C=N–C) groups is 1. The molecule has 2 aromatic rings. The van der Waals surface area contributed by atoms with Gasteiger partial charge in [-0.25, -0.2) is 0 Å². The van der Waals surface area contributed by atoms with E-state index in [2.05, 4.69) is 44.7 Å². The zero-order chi connectivity index (χ0) is 18.1. The van der Waals surface area contributed by atoms with Crippen LogP contribution in [0.25, 0.3) is 0 Å². The van der Waals surface area contributed by atoms with Crippen molar-refractivity contribution in [2.24, 2.45) is 4.99 Å². The average molecular weight is 362 g/mol. The van der Waals surface area contributed by atoms with Gasteiger partial charge in [-0.3, -0.25) is 9.79 Å². The van der Waals surface area contributed by atoms with E-state index in [4.69, 9.17) is 4.42 Å². The number of nitrogens with one attached hydrogen (secondary N) is 3. The molecular weight excluding hydrogens is 336 g/mol. The molecule has 136 valence electrons. The Morgan fingerprint density at radius 3 is 2.72 bits per heavy atom. The van der Waals surface area contributed by atoms with Gasteiger partial charge >= 0.3 is 0 Å². The van der Waals surface area contributed by atoms with Crippen LogP contribution in [0.5, 0.6) is 0 Å². The Kier molecular flexibility index (Phi) is 7.53. The summed E-state index contributed by atoms with van der Waals surface area (Å²) in [4.78, 5) is 16.1. The van der Waals surface area contributed by atoms with Gasteiger partial charge in [-0.15, -0.1) is 0 Å². The normalized spacial score (nSPS) is 12.7. The number of carbonyl (C=O) groups is 1. The van der Waals surface area contributed by atoms with Crippen molar-refractivity contribution in [1.29, 1.82) is 0 Å². The van der Waals surface area contributed by atoms with E-state index in [0.29, 0.717) is 18.2 Å². The van der Waals surface area contributed by atoms with Crippen molar-refractivity contribution in [2.75, 3.05) is 26.7 Å². The Morgan fingerprint density at radius 1 is 1.28 bits per heavy atom. The monoisotopic (exact) mass is 362 g/mol. The number of hydrogen-bond donors (Lipinski definition) is 3. The highest BCUT2D eigenvalue weighted by atomic mass is 32.1. The predicted molar refractivity (Wildman–Crippen MR) is 102 cm³/mol. The molecule has 0 radical (unpaired) electrons. The number of nitrogens with zero attached hydrogens (tertiary/aromatic N) is 1. The van der Waals surface area contributed by atoms with Crippen LogP contribution in [0.4, 0.5) is 0 Å². The van der Waals surface area contributed by atoms with Crippen LogP contribution in [0.15, 0.2) is 38.6 Å². The highest BCUT2D eigenvalue weighted by Crippen LogP contribution is 2.16. The van der Waals surface area contributed by atoms with E-state index < -0.39 is 0 Å². The molecule has 0 aliphatic rings. The van der Waals surface area contributed by atoms with Gasteiger partial charge in [0.05, 0.1) is 6.26 Å². The molecule has 25 heavy (non-hydrogen) atoms. The minimum Gasteiger partial charge on any atom is -0.459 e. The number of furan rings is 1. The Bertz CT molecular complexity index is 679. The number of amides is 1. The lowest BCUT2D eigenvalue weighted by Crippen LogP contribution is -2.40. The summed E-state index contributed by atoms with van der Waals surface area (Å²) < 4.78 is 5.17. The second-order valence-electron chi connectivity index (χ2n) is 5.88. The van der Waals surface area contributed by atoms with E-state index in [9.17, 15) is 4.79 Å². The summed E-state index contributed by atoms with van der Waals surface area (Å²) in [7, 11) is 1.76. The molecule has 0 aromatic carbocycles. The minimum atomic E-state index is -0.172. The van der Waals surface area contributed by atoms with Gasteiger partial charge < -0.3 is 20.4 Å². The molecule has 0 bridgehead atoms. The molecular formula is C18H26N4O2S. The second kappa shape index (κ2) is 9.88. The summed E-state index contributed by atoms with van der Waals surface area (Å²) in [5.41, 5.74) is 2.18. The largest absolute Gasteiger partial charge is 0.459 e. The molecule has 0 aliphatic heterocycles. The van der Waals surface area contributed by atoms with Gasteiger partial charge in [0.25, 0.3) is 5.91 Å². The average Bonchev–Trinajstić information content (AvgIpc) is 3.28. The van der Waals surface area contributed by atoms with E-state index in [-0.39, 0.29) is 5.91 Å². The van der Waals surface area contributed by atoms with Crippen molar-refractivity contribution in [3.63, 3.8) is 0 Å². The molecule has 0 spiro atoms. The third-order valence-electron chi connectivity index (χ3n) is 3.91. The fourth-order valence-electron chi connectivity index (χ4n) is 2.33.